The van der Waals surface area contributed by atoms with E-state index in [1.165, 1.54) is 0 Å². The number of carbonyl (C=O) groups excluding carboxylic acids is 1. The van der Waals surface area contributed by atoms with Crippen LogP contribution in [0, 0.1) is 0 Å². The smallest absolute Gasteiger partial charge is 0.259 e. The second-order valence-corrected chi connectivity index (χ2v) is 6.78. The summed E-state index contributed by atoms with van der Waals surface area (Å²) in [6.45, 7) is 0.794. The van der Waals surface area contributed by atoms with Crippen molar-refractivity contribution in [2.24, 2.45) is 12.8 Å². The van der Waals surface area contributed by atoms with Gasteiger partial charge in [-0.25, -0.2) is 4.98 Å². The fourth-order valence-electron chi connectivity index (χ4n) is 3.47. The molecule has 4 rings (SSSR count). The van der Waals surface area contributed by atoms with Gasteiger partial charge in [-0.1, -0.05) is 12.8 Å². The van der Waals surface area contributed by atoms with Crippen LogP contribution < -0.4 is 21.1 Å². The molecule has 3 heterocycles. The predicted molar refractivity (Wildman–Crippen MR) is 95.9 cm³/mol. The van der Waals surface area contributed by atoms with Gasteiger partial charge in [0.05, 0.1) is 18.4 Å². The number of amides is 1. The first-order valence-electron chi connectivity index (χ1n) is 8.96. The minimum absolute atomic E-state index is 0.0669. The first kappa shape index (κ1) is 16.8. The van der Waals surface area contributed by atoms with Gasteiger partial charge in [0, 0.05) is 30.9 Å². The fraction of sp³-hybridized carbons (Fsp3) is 0.529. The lowest BCUT2D eigenvalue weighted by molar-refractivity contribution is 0.0957. The average molecular weight is 357 g/mol. The maximum absolute atomic E-state index is 12.5. The third-order valence-electron chi connectivity index (χ3n) is 4.84. The number of anilines is 1. The number of ether oxygens (including phenoxy) is 1. The van der Waals surface area contributed by atoms with Crippen LogP contribution in [0.3, 0.4) is 0 Å². The third kappa shape index (κ3) is 3.22. The van der Waals surface area contributed by atoms with Crippen LogP contribution in [0.1, 0.15) is 36.0 Å². The Morgan fingerprint density at radius 2 is 2.19 bits per heavy atom. The van der Waals surface area contributed by atoms with Gasteiger partial charge in [-0.15, -0.1) is 0 Å². The third-order valence-corrected chi connectivity index (χ3v) is 4.84. The summed E-state index contributed by atoms with van der Waals surface area (Å²) in [6, 6.07) is 0.181. The molecule has 2 aromatic rings. The molecule has 4 N–H and O–H groups in total. The second-order valence-electron chi connectivity index (χ2n) is 6.78. The van der Waals surface area contributed by atoms with E-state index < -0.39 is 0 Å². The molecule has 9 heteroatoms. The van der Waals surface area contributed by atoms with Crippen LogP contribution in [0.5, 0.6) is 5.88 Å². The Hall–Kier alpha value is -2.68. The van der Waals surface area contributed by atoms with Gasteiger partial charge in [0.25, 0.3) is 5.91 Å². The minimum Gasteiger partial charge on any atom is -0.475 e. The molecule has 2 unspecified atom stereocenters. The van der Waals surface area contributed by atoms with Crippen molar-refractivity contribution >= 4 is 11.9 Å². The van der Waals surface area contributed by atoms with Crippen LogP contribution in [-0.4, -0.2) is 50.9 Å². The summed E-state index contributed by atoms with van der Waals surface area (Å²) >= 11 is 0. The summed E-state index contributed by atoms with van der Waals surface area (Å²) in [5, 5.41) is 10.4. The van der Waals surface area contributed by atoms with Crippen molar-refractivity contribution in [3.8, 4) is 17.1 Å². The monoisotopic (exact) mass is 357 g/mol. The molecule has 138 valence electrons. The molecule has 1 saturated carbocycles. The maximum Gasteiger partial charge on any atom is 0.259 e. The zero-order valence-electron chi connectivity index (χ0n) is 14.7. The Morgan fingerprint density at radius 3 is 2.96 bits per heavy atom. The first-order chi connectivity index (χ1) is 12.6. The van der Waals surface area contributed by atoms with Crippen LogP contribution in [0.15, 0.2) is 12.4 Å². The fourth-order valence-corrected chi connectivity index (χ4v) is 3.47. The summed E-state index contributed by atoms with van der Waals surface area (Å²) in [5.41, 5.74) is 7.83. The van der Waals surface area contributed by atoms with E-state index in [4.69, 9.17) is 10.5 Å². The lowest BCUT2D eigenvalue weighted by Crippen LogP contribution is -2.43. The van der Waals surface area contributed by atoms with Crippen LogP contribution >= 0.6 is 0 Å². The zero-order chi connectivity index (χ0) is 18.1. The number of nitrogens with two attached hydrogens (primary N) is 1. The van der Waals surface area contributed by atoms with Crippen molar-refractivity contribution in [2.75, 3.05) is 18.5 Å². The number of fused-ring (bicyclic) bond motifs is 1. The molecule has 2 aliphatic rings. The molecule has 0 radical (unpaired) electrons. The molecule has 0 bridgehead atoms. The zero-order valence-corrected chi connectivity index (χ0v) is 14.7. The highest BCUT2D eigenvalue weighted by molar-refractivity contribution is 6.02. The van der Waals surface area contributed by atoms with Gasteiger partial charge in [0.1, 0.15) is 12.2 Å². The van der Waals surface area contributed by atoms with Crippen molar-refractivity contribution in [1.29, 1.82) is 0 Å². The lowest BCUT2D eigenvalue weighted by Gasteiger charge is -2.29. The summed E-state index contributed by atoms with van der Waals surface area (Å²) in [6.07, 6.45) is 7.73. The maximum atomic E-state index is 12.5. The Balaban J connectivity index is 1.76. The number of aromatic nitrogens is 4. The molecule has 0 saturated heterocycles. The number of aryl methyl sites for hydroxylation is 1. The van der Waals surface area contributed by atoms with Crippen molar-refractivity contribution in [2.45, 2.75) is 37.8 Å². The highest BCUT2D eigenvalue weighted by atomic mass is 16.5. The first-order valence-corrected chi connectivity index (χ1v) is 8.96. The molecule has 1 amide bonds. The number of hydrogen-bond acceptors (Lipinski definition) is 7. The summed E-state index contributed by atoms with van der Waals surface area (Å²) in [7, 11) is 1.82. The van der Waals surface area contributed by atoms with Gasteiger partial charge >= 0.3 is 0 Å². The van der Waals surface area contributed by atoms with E-state index in [-0.39, 0.29) is 18.0 Å². The van der Waals surface area contributed by atoms with Gasteiger partial charge in [-0.05, 0) is 12.8 Å². The highest BCUT2D eigenvalue weighted by Gasteiger charge is 2.28. The van der Waals surface area contributed by atoms with E-state index >= 15 is 0 Å². The predicted octanol–water partition coefficient (Wildman–Crippen LogP) is 0.681. The molecule has 1 aliphatic heterocycles. The van der Waals surface area contributed by atoms with Gasteiger partial charge in [-0.2, -0.15) is 10.1 Å². The molecule has 2 atom stereocenters. The molecule has 2 aromatic heterocycles. The van der Waals surface area contributed by atoms with E-state index in [0.717, 1.165) is 31.2 Å². The van der Waals surface area contributed by atoms with Gasteiger partial charge < -0.3 is 21.1 Å². The van der Waals surface area contributed by atoms with E-state index in [1.807, 2.05) is 13.2 Å². The summed E-state index contributed by atoms with van der Waals surface area (Å²) in [5.74, 6) is 0.484. The number of nitrogens with one attached hydrogen (secondary N) is 2. The highest BCUT2D eigenvalue weighted by Crippen LogP contribution is 2.31. The van der Waals surface area contributed by atoms with E-state index in [0.29, 0.717) is 36.2 Å². The van der Waals surface area contributed by atoms with Gasteiger partial charge in [-0.3, -0.25) is 9.48 Å². The van der Waals surface area contributed by atoms with Gasteiger partial charge in [0.15, 0.2) is 0 Å². The molecule has 1 fully saturated rings. The molecule has 0 aromatic carbocycles. The Labute approximate surface area is 151 Å². The Kier molecular flexibility index (Phi) is 4.46. The normalized spacial score (nSPS) is 22.8. The van der Waals surface area contributed by atoms with Crippen LogP contribution in [-0.2, 0) is 7.05 Å². The topological polar surface area (TPSA) is 120 Å². The van der Waals surface area contributed by atoms with Crippen molar-refractivity contribution in [3.05, 3.63) is 18.0 Å². The summed E-state index contributed by atoms with van der Waals surface area (Å²) < 4.78 is 7.38. The second kappa shape index (κ2) is 6.91. The van der Waals surface area contributed by atoms with E-state index in [9.17, 15) is 4.79 Å². The molecular formula is C17H23N7O2. The molecular weight excluding hydrogens is 334 g/mol. The summed E-state index contributed by atoms with van der Waals surface area (Å²) in [4.78, 5) is 21.6. The molecule has 1 aliphatic carbocycles. The number of carbonyl (C=O) groups is 1. The minimum atomic E-state index is -0.239. The van der Waals surface area contributed by atoms with E-state index in [1.54, 1.807) is 10.9 Å². The number of nitrogens with zero attached hydrogens (tertiary/aromatic N) is 4. The molecule has 0 spiro atoms. The Bertz CT molecular complexity index is 819. The molecule has 26 heavy (non-hydrogen) atoms. The van der Waals surface area contributed by atoms with Crippen LogP contribution in [0.25, 0.3) is 11.3 Å². The average Bonchev–Trinajstić information content (AvgIpc) is 2.97. The standard InChI is InChI=1S/C17H23N7O2/c1-24-9-10(8-20-24)14-13-15(25)19-6-7-26-16(13)23-17(22-14)21-12-5-3-2-4-11(12)18/h8-9,11-12H,2-7,18H2,1H3,(H,19,25)(H,21,22,23). The quantitative estimate of drug-likeness (QED) is 0.739. The Morgan fingerprint density at radius 1 is 1.35 bits per heavy atom. The van der Waals surface area contributed by atoms with E-state index in [2.05, 4.69) is 25.7 Å². The van der Waals surface area contributed by atoms with Crippen LogP contribution in [0.2, 0.25) is 0 Å². The van der Waals surface area contributed by atoms with Gasteiger partial charge in [0.2, 0.25) is 11.8 Å². The SMILES string of the molecule is Cn1cc(-c2nc(NC3CCCCC3N)nc3c2C(=O)NCCO3)cn1. The number of rotatable bonds is 3. The van der Waals surface area contributed by atoms with Crippen molar-refractivity contribution < 1.29 is 9.53 Å². The van der Waals surface area contributed by atoms with Crippen molar-refractivity contribution in [3.63, 3.8) is 0 Å². The van der Waals surface area contributed by atoms with Crippen LogP contribution in [0.4, 0.5) is 5.95 Å². The number of hydrogen-bond donors (Lipinski definition) is 3. The lowest BCUT2D eigenvalue weighted by atomic mass is 9.91. The largest absolute Gasteiger partial charge is 0.475 e. The molecule has 9 nitrogen and oxygen atoms in total. The van der Waals surface area contributed by atoms with Crippen molar-refractivity contribution in [1.82, 2.24) is 25.1 Å².